The molecule has 1 atom stereocenters. The Morgan fingerprint density at radius 1 is 1.28 bits per heavy atom. The van der Waals surface area contributed by atoms with Gasteiger partial charge in [-0.15, -0.1) is 0 Å². The number of nitrogens with two attached hydrogens (primary N) is 1. The molecule has 2 N–H and O–H groups in total. The lowest BCUT2D eigenvalue weighted by Crippen LogP contribution is -2.19. The van der Waals surface area contributed by atoms with E-state index < -0.39 is 0 Å². The van der Waals surface area contributed by atoms with E-state index in [1.165, 1.54) is 25.7 Å². The molecular formula is C15H21NO2. The molecule has 0 radical (unpaired) electrons. The van der Waals surface area contributed by atoms with Crippen LogP contribution in [0.15, 0.2) is 30.3 Å². The third kappa shape index (κ3) is 3.84. The van der Waals surface area contributed by atoms with Crippen molar-refractivity contribution in [3.05, 3.63) is 35.9 Å². The van der Waals surface area contributed by atoms with E-state index in [0.717, 1.165) is 5.56 Å². The van der Waals surface area contributed by atoms with Gasteiger partial charge in [-0.2, -0.15) is 0 Å². The van der Waals surface area contributed by atoms with E-state index in [1.807, 2.05) is 30.3 Å². The standard InChI is InChI=1S/C15H21NO2/c16-14(13-8-2-1-3-9-13)10-15(17)18-11-12-6-4-5-7-12/h1-3,8-9,12,14H,4-7,10-11,16H2. The largest absolute Gasteiger partial charge is 0.465 e. The molecule has 0 heterocycles. The van der Waals surface area contributed by atoms with Crippen molar-refractivity contribution in [1.82, 2.24) is 0 Å². The zero-order chi connectivity index (χ0) is 12.8. The fourth-order valence-corrected chi connectivity index (χ4v) is 2.44. The van der Waals surface area contributed by atoms with E-state index in [4.69, 9.17) is 10.5 Å². The van der Waals surface area contributed by atoms with Crippen LogP contribution in [0, 0.1) is 5.92 Å². The number of benzene rings is 1. The number of hydrogen-bond acceptors (Lipinski definition) is 3. The van der Waals surface area contributed by atoms with Crippen LogP contribution in [0.25, 0.3) is 0 Å². The molecule has 18 heavy (non-hydrogen) atoms. The van der Waals surface area contributed by atoms with Crippen molar-refractivity contribution in [2.75, 3.05) is 6.61 Å². The molecule has 3 heteroatoms. The fourth-order valence-electron chi connectivity index (χ4n) is 2.44. The van der Waals surface area contributed by atoms with E-state index in [1.54, 1.807) is 0 Å². The Labute approximate surface area is 108 Å². The smallest absolute Gasteiger partial charge is 0.307 e. The molecule has 2 rings (SSSR count). The highest BCUT2D eigenvalue weighted by Gasteiger charge is 2.18. The molecule has 0 spiro atoms. The van der Waals surface area contributed by atoms with Crippen molar-refractivity contribution in [3.63, 3.8) is 0 Å². The van der Waals surface area contributed by atoms with Crippen LogP contribution < -0.4 is 5.73 Å². The van der Waals surface area contributed by atoms with Gasteiger partial charge >= 0.3 is 5.97 Å². The minimum absolute atomic E-state index is 0.182. The first-order chi connectivity index (χ1) is 8.75. The summed E-state index contributed by atoms with van der Waals surface area (Å²) in [5.41, 5.74) is 6.96. The monoisotopic (exact) mass is 247 g/mol. The van der Waals surface area contributed by atoms with Crippen LogP contribution in [0.2, 0.25) is 0 Å². The van der Waals surface area contributed by atoms with Gasteiger partial charge in [-0.1, -0.05) is 43.2 Å². The first-order valence-electron chi connectivity index (χ1n) is 6.72. The maximum absolute atomic E-state index is 11.7. The molecule has 1 aliphatic carbocycles. The maximum Gasteiger partial charge on any atom is 0.307 e. The lowest BCUT2D eigenvalue weighted by Gasteiger charge is -2.13. The first-order valence-corrected chi connectivity index (χ1v) is 6.72. The molecule has 1 fully saturated rings. The van der Waals surface area contributed by atoms with Crippen molar-refractivity contribution in [2.24, 2.45) is 11.7 Å². The summed E-state index contributed by atoms with van der Waals surface area (Å²) >= 11 is 0. The second-order valence-electron chi connectivity index (χ2n) is 5.05. The van der Waals surface area contributed by atoms with Crippen LogP contribution in [-0.2, 0) is 9.53 Å². The topological polar surface area (TPSA) is 52.3 Å². The molecule has 98 valence electrons. The van der Waals surface area contributed by atoms with Gasteiger partial charge in [0.25, 0.3) is 0 Å². The highest BCUT2D eigenvalue weighted by atomic mass is 16.5. The van der Waals surface area contributed by atoms with Crippen LogP contribution in [-0.4, -0.2) is 12.6 Å². The van der Waals surface area contributed by atoms with Gasteiger partial charge in [0, 0.05) is 6.04 Å². The Kier molecular flexibility index (Phi) is 4.76. The number of ether oxygens (including phenoxy) is 1. The van der Waals surface area contributed by atoms with Crippen molar-refractivity contribution >= 4 is 5.97 Å². The van der Waals surface area contributed by atoms with Crippen LogP contribution in [0.5, 0.6) is 0 Å². The Morgan fingerprint density at radius 3 is 2.61 bits per heavy atom. The average molecular weight is 247 g/mol. The van der Waals surface area contributed by atoms with Crippen LogP contribution in [0.4, 0.5) is 0 Å². The summed E-state index contributed by atoms with van der Waals surface area (Å²) in [6, 6.07) is 9.42. The van der Waals surface area contributed by atoms with E-state index in [9.17, 15) is 4.79 Å². The second-order valence-corrected chi connectivity index (χ2v) is 5.05. The lowest BCUT2D eigenvalue weighted by molar-refractivity contribution is -0.145. The van der Waals surface area contributed by atoms with E-state index >= 15 is 0 Å². The summed E-state index contributed by atoms with van der Waals surface area (Å²) in [7, 11) is 0. The molecular weight excluding hydrogens is 226 g/mol. The quantitative estimate of drug-likeness (QED) is 0.814. The van der Waals surface area contributed by atoms with Crippen molar-refractivity contribution < 1.29 is 9.53 Å². The third-order valence-electron chi connectivity index (χ3n) is 3.57. The number of rotatable bonds is 5. The number of esters is 1. The molecule has 1 aromatic carbocycles. The number of carbonyl (C=O) groups excluding carboxylic acids is 1. The Hall–Kier alpha value is -1.35. The van der Waals surface area contributed by atoms with Gasteiger partial charge in [-0.25, -0.2) is 0 Å². The summed E-state index contributed by atoms with van der Waals surface area (Å²) in [5.74, 6) is 0.389. The van der Waals surface area contributed by atoms with Gasteiger partial charge in [0.1, 0.15) is 0 Å². The van der Waals surface area contributed by atoms with E-state index in [0.29, 0.717) is 12.5 Å². The van der Waals surface area contributed by atoms with Crippen LogP contribution >= 0.6 is 0 Å². The van der Waals surface area contributed by atoms with Gasteiger partial charge in [-0.05, 0) is 24.3 Å². The van der Waals surface area contributed by atoms with Gasteiger partial charge in [0.2, 0.25) is 0 Å². The average Bonchev–Trinajstić information content (AvgIpc) is 2.90. The molecule has 0 saturated heterocycles. The highest BCUT2D eigenvalue weighted by Crippen LogP contribution is 2.25. The van der Waals surface area contributed by atoms with Gasteiger partial charge in [-0.3, -0.25) is 4.79 Å². The van der Waals surface area contributed by atoms with Crippen molar-refractivity contribution in [3.8, 4) is 0 Å². The summed E-state index contributed by atoms with van der Waals surface area (Å²) in [5, 5.41) is 0. The third-order valence-corrected chi connectivity index (χ3v) is 3.57. The first kappa shape index (κ1) is 13.1. The molecule has 0 aromatic heterocycles. The van der Waals surface area contributed by atoms with Crippen molar-refractivity contribution in [1.29, 1.82) is 0 Å². The Balaban J connectivity index is 1.73. The molecule has 0 amide bonds. The zero-order valence-corrected chi connectivity index (χ0v) is 10.7. The number of carbonyl (C=O) groups is 1. The van der Waals surface area contributed by atoms with Gasteiger partial charge < -0.3 is 10.5 Å². The summed E-state index contributed by atoms with van der Waals surface area (Å²) < 4.78 is 5.30. The highest BCUT2D eigenvalue weighted by molar-refractivity contribution is 5.70. The summed E-state index contributed by atoms with van der Waals surface area (Å²) in [6.45, 7) is 0.570. The predicted molar refractivity (Wildman–Crippen MR) is 70.9 cm³/mol. The van der Waals surface area contributed by atoms with Crippen LogP contribution in [0.1, 0.15) is 43.7 Å². The zero-order valence-electron chi connectivity index (χ0n) is 10.7. The minimum Gasteiger partial charge on any atom is -0.465 e. The Morgan fingerprint density at radius 2 is 1.94 bits per heavy atom. The van der Waals surface area contributed by atoms with E-state index in [-0.39, 0.29) is 18.4 Å². The van der Waals surface area contributed by atoms with Gasteiger partial charge in [0.15, 0.2) is 0 Å². The maximum atomic E-state index is 11.7. The molecule has 3 nitrogen and oxygen atoms in total. The predicted octanol–water partition coefficient (Wildman–Crippen LogP) is 2.81. The van der Waals surface area contributed by atoms with Gasteiger partial charge in [0.05, 0.1) is 13.0 Å². The second kappa shape index (κ2) is 6.55. The molecule has 1 aromatic rings. The van der Waals surface area contributed by atoms with Crippen molar-refractivity contribution in [2.45, 2.75) is 38.1 Å². The normalized spacial score (nSPS) is 17.6. The minimum atomic E-state index is -0.262. The molecule has 0 bridgehead atoms. The lowest BCUT2D eigenvalue weighted by atomic mass is 10.1. The SMILES string of the molecule is NC(CC(=O)OCC1CCCC1)c1ccccc1. The Bertz CT molecular complexity index is 371. The summed E-state index contributed by atoms with van der Waals surface area (Å²) in [6.07, 6.45) is 5.18. The molecule has 1 aliphatic rings. The summed E-state index contributed by atoms with van der Waals surface area (Å²) in [4.78, 5) is 11.7. The van der Waals surface area contributed by atoms with Crippen LogP contribution in [0.3, 0.4) is 0 Å². The van der Waals surface area contributed by atoms with E-state index in [2.05, 4.69) is 0 Å². The molecule has 1 unspecified atom stereocenters. The fraction of sp³-hybridized carbons (Fsp3) is 0.533. The number of hydrogen-bond donors (Lipinski definition) is 1. The molecule has 0 aliphatic heterocycles. The molecule has 1 saturated carbocycles.